The minimum atomic E-state index is -0.932. The average molecular weight is 353 g/mol. The Morgan fingerprint density at radius 1 is 1.00 bits per heavy atom. The third kappa shape index (κ3) is 5.55. The van der Waals surface area contributed by atoms with Gasteiger partial charge in [-0.15, -0.1) is 0 Å². The molecule has 2 aromatic carbocycles. The lowest BCUT2D eigenvalue weighted by Crippen LogP contribution is -2.30. The molecule has 0 radical (unpaired) electrons. The van der Waals surface area contributed by atoms with Gasteiger partial charge < -0.3 is 10.1 Å². The highest BCUT2D eigenvalue weighted by atomic mass is 16.5. The van der Waals surface area contributed by atoms with E-state index in [1.54, 1.807) is 24.3 Å². The van der Waals surface area contributed by atoms with Crippen LogP contribution in [0.15, 0.2) is 48.5 Å². The number of esters is 1. The van der Waals surface area contributed by atoms with Crippen LogP contribution >= 0.6 is 0 Å². The molecule has 0 fully saturated rings. The molecule has 2 rings (SSSR count). The lowest BCUT2D eigenvalue weighted by molar-refractivity contribution is -0.153. The van der Waals surface area contributed by atoms with Crippen LogP contribution < -0.4 is 5.32 Å². The fourth-order valence-electron chi connectivity index (χ4n) is 2.46. The molecule has 0 saturated heterocycles. The lowest BCUT2D eigenvalue weighted by atomic mass is 9.99. The first-order valence-corrected chi connectivity index (χ1v) is 8.52. The molecule has 0 bridgehead atoms. The molecule has 1 atom stereocenters. The maximum absolute atomic E-state index is 12.3. The van der Waals surface area contributed by atoms with Crippen molar-refractivity contribution in [3.8, 4) is 0 Å². The lowest BCUT2D eigenvalue weighted by Gasteiger charge is -2.13. The minimum Gasteiger partial charge on any atom is -0.453 e. The van der Waals surface area contributed by atoms with Gasteiger partial charge in [-0.25, -0.2) is 0 Å². The number of anilines is 1. The zero-order valence-electron chi connectivity index (χ0n) is 15.2. The highest BCUT2D eigenvalue weighted by Gasteiger charge is 2.19. The smallest absolute Gasteiger partial charge is 0.307 e. The summed E-state index contributed by atoms with van der Waals surface area (Å²) in [4.78, 5) is 36.3. The minimum absolute atomic E-state index is 0.0517. The Bertz CT molecular complexity index is 799. The van der Waals surface area contributed by atoms with Crippen molar-refractivity contribution in [2.75, 3.05) is 5.32 Å². The van der Waals surface area contributed by atoms with Crippen LogP contribution in [0.4, 0.5) is 5.69 Å². The summed E-state index contributed by atoms with van der Waals surface area (Å²) in [7, 11) is 0. The van der Waals surface area contributed by atoms with E-state index < -0.39 is 18.0 Å². The number of rotatable bonds is 7. The highest BCUT2D eigenvalue weighted by Crippen LogP contribution is 2.14. The van der Waals surface area contributed by atoms with Crippen molar-refractivity contribution in [1.82, 2.24) is 0 Å². The molecule has 1 N–H and O–H groups in total. The SMILES string of the molecule is Cc1ccc(C)c(C(=O)CCC(=O)O[C@H](C)C(=O)Nc2ccccc2)c1. The summed E-state index contributed by atoms with van der Waals surface area (Å²) in [5.41, 5.74) is 3.12. The van der Waals surface area contributed by atoms with Crippen molar-refractivity contribution >= 4 is 23.3 Å². The summed E-state index contributed by atoms with van der Waals surface area (Å²) < 4.78 is 5.12. The van der Waals surface area contributed by atoms with Crippen LogP contribution in [-0.4, -0.2) is 23.8 Å². The molecule has 0 aromatic heterocycles. The van der Waals surface area contributed by atoms with Gasteiger partial charge in [0.05, 0.1) is 6.42 Å². The van der Waals surface area contributed by atoms with Gasteiger partial charge in [0, 0.05) is 17.7 Å². The maximum Gasteiger partial charge on any atom is 0.307 e. The fourth-order valence-corrected chi connectivity index (χ4v) is 2.46. The summed E-state index contributed by atoms with van der Waals surface area (Å²) in [5, 5.41) is 2.67. The Hall–Kier alpha value is -2.95. The largest absolute Gasteiger partial charge is 0.453 e. The standard InChI is InChI=1S/C21H23NO4/c1-14-9-10-15(2)18(13-14)19(23)11-12-20(24)26-16(3)21(25)22-17-7-5-4-6-8-17/h4-10,13,16H,11-12H2,1-3H3,(H,22,25)/t16-/m1/s1. The fraction of sp³-hybridized carbons (Fsp3) is 0.286. The quantitative estimate of drug-likeness (QED) is 0.606. The number of carbonyl (C=O) groups excluding carboxylic acids is 3. The molecule has 0 spiro atoms. The molecule has 0 unspecified atom stereocenters. The molecule has 0 aliphatic carbocycles. The molecule has 26 heavy (non-hydrogen) atoms. The Morgan fingerprint density at radius 2 is 1.69 bits per heavy atom. The second kappa shape index (κ2) is 8.94. The summed E-state index contributed by atoms with van der Waals surface area (Å²) in [5.74, 6) is -1.09. The van der Waals surface area contributed by atoms with Crippen molar-refractivity contribution < 1.29 is 19.1 Å². The predicted molar refractivity (Wildman–Crippen MR) is 100 cm³/mol. The number of Topliss-reactive ketones (excluding diaryl/α,β-unsaturated/α-hetero) is 1. The molecule has 2 aromatic rings. The normalized spacial score (nSPS) is 11.5. The highest BCUT2D eigenvalue weighted by molar-refractivity contribution is 5.99. The van der Waals surface area contributed by atoms with E-state index in [0.29, 0.717) is 11.3 Å². The van der Waals surface area contributed by atoms with Gasteiger partial charge in [-0.3, -0.25) is 14.4 Å². The molecular weight excluding hydrogens is 330 g/mol. The topological polar surface area (TPSA) is 72.5 Å². The molecule has 0 heterocycles. The van der Waals surface area contributed by atoms with Gasteiger partial charge in [-0.1, -0.05) is 35.9 Å². The summed E-state index contributed by atoms with van der Waals surface area (Å²) in [6, 6.07) is 14.6. The van der Waals surface area contributed by atoms with Crippen molar-refractivity contribution in [3.63, 3.8) is 0 Å². The van der Waals surface area contributed by atoms with Crippen molar-refractivity contribution in [2.24, 2.45) is 0 Å². The Morgan fingerprint density at radius 3 is 2.38 bits per heavy atom. The zero-order chi connectivity index (χ0) is 19.1. The Labute approximate surface area is 153 Å². The van der Waals surface area contributed by atoms with Crippen molar-refractivity contribution in [2.45, 2.75) is 39.7 Å². The van der Waals surface area contributed by atoms with E-state index in [2.05, 4.69) is 5.32 Å². The molecule has 1 amide bonds. The number of carbonyl (C=O) groups is 3. The number of hydrogen-bond donors (Lipinski definition) is 1. The van der Waals surface area contributed by atoms with Crippen LogP contribution in [0, 0.1) is 13.8 Å². The molecule has 0 aliphatic heterocycles. The Kier molecular flexibility index (Phi) is 6.67. The number of ketones is 1. The van der Waals surface area contributed by atoms with Gasteiger partial charge in [0.2, 0.25) is 0 Å². The van der Waals surface area contributed by atoms with Gasteiger partial charge >= 0.3 is 5.97 Å². The predicted octanol–water partition coefficient (Wildman–Crippen LogP) is 3.84. The second-order valence-corrected chi connectivity index (χ2v) is 6.23. The molecule has 0 saturated carbocycles. The van der Waals surface area contributed by atoms with Gasteiger partial charge in [0.25, 0.3) is 5.91 Å². The first-order valence-electron chi connectivity index (χ1n) is 8.52. The van der Waals surface area contributed by atoms with E-state index in [-0.39, 0.29) is 18.6 Å². The first kappa shape index (κ1) is 19.4. The number of nitrogens with one attached hydrogen (secondary N) is 1. The Balaban J connectivity index is 1.83. The second-order valence-electron chi connectivity index (χ2n) is 6.23. The van der Waals surface area contributed by atoms with Gasteiger partial charge in [-0.05, 0) is 44.5 Å². The van der Waals surface area contributed by atoms with E-state index in [1.807, 2.05) is 38.1 Å². The summed E-state index contributed by atoms with van der Waals surface area (Å²) in [6.07, 6.45) is -0.941. The van der Waals surface area contributed by atoms with E-state index in [0.717, 1.165) is 11.1 Å². The van der Waals surface area contributed by atoms with Crippen molar-refractivity contribution in [3.05, 3.63) is 65.2 Å². The van der Waals surface area contributed by atoms with Crippen LogP contribution in [0.5, 0.6) is 0 Å². The van der Waals surface area contributed by atoms with Gasteiger partial charge in [-0.2, -0.15) is 0 Å². The molecule has 136 valence electrons. The number of para-hydroxylation sites is 1. The van der Waals surface area contributed by atoms with E-state index in [9.17, 15) is 14.4 Å². The number of amides is 1. The molecule has 5 heteroatoms. The van der Waals surface area contributed by atoms with E-state index >= 15 is 0 Å². The van der Waals surface area contributed by atoms with E-state index in [1.165, 1.54) is 6.92 Å². The molecule has 5 nitrogen and oxygen atoms in total. The van der Waals surface area contributed by atoms with Crippen LogP contribution in [0.2, 0.25) is 0 Å². The monoisotopic (exact) mass is 353 g/mol. The van der Waals surface area contributed by atoms with E-state index in [4.69, 9.17) is 4.74 Å². The van der Waals surface area contributed by atoms with Crippen LogP contribution in [0.25, 0.3) is 0 Å². The van der Waals surface area contributed by atoms with Crippen LogP contribution in [0.1, 0.15) is 41.3 Å². The van der Waals surface area contributed by atoms with Crippen LogP contribution in [-0.2, 0) is 14.3 Å². The third-order valence-corrected chi connectivity index (χ3v) is 3.97. The van der Waals surface area contributed by atoms with Gasteiger partial charge in [0.15, 0.2) is 11.9 Å². The number of aryl methyl sites for hydroxylation is 2. The number of ether oxygens (including phenoxy) is 1. The number of benzene rings is 2. The van der Waals surface area contributed by atoms with Gasteiger partial charge in [0.1, 0.15) is 0 Å². The van der Waals surface area contributed by atoms with Crippen LogP contribution in [0.3, 0.4) is 0 Å². The molecular formula is C21H23NO4. The maximum atomic E-state index is 12.3. The molecule has 0 aliphatic rings. The number of hydrogen-bond acceptors (Lipinski definition) is 4. The summed E-state index contributed by atoms with van der Waals surface area (Å²) >= 11 is 0. The van der Waals surface area contributed by atoms with Crippen molar-refractivity contribution in [1.29, 1.82) is 0 Å². The third-order valence-electron chi connectivity index (χ3n) is 3.97. The average Bonchev–Trinajstić information content (AvgIpc) is 2.62. The summed E-state index contributed by atoms with van der Waals surface area (Å²) in [6.45, 7) is 5.28. The first-order chi connectivity index (χ1) is 12.4. The zero-order valence-corrected chi connectivity index (χ0v) is 15.2.